The molecule has 2 N–H and O–H groups in total. The van der Waals surface area contributed by atoms with E-state index in [1.165, 1.54) is 12.1 Å². The van der Waals surface area contributed by atoms with Gasteiger partial charge in [0, 0.05) is 10.9 Å². The molecule has 0 amide bonds. The summed E-state index contributed by atoms with van der Waals surface area (Å²) in [6, 6.07) is 4.25. The second-order valence-corrected chi connectivity index (χ2v) is 6.45. The Morgan fingerprint density at radius 1 is 1.24 bits per heavy atom. The minimum Gasteiger partial charge on any atom is -0.492 e. The predicted octanol–water partition coefficient (Wildman–Crippen LogP) is 2.44. The summed E-state index contributed by atoms with van der Waals surface area (Å²) in [5.74, 6) is 0.0384. The Bertz CT molecular complexity index is 577. The van der Waals surface area contributed by atoms with Crippen LogP contribution >= 0.6 is 15.9 Å². The zero-order chi connectivity index (χ0) is 16.1. The molecular formula is C11H13BrF3NO4S. The van der Waals surface area contributed by atoms with E-state index >= 15 is 0 Å². The van der Waals surface area contributed by atoms with Crippen molar-refractivity contribution in [1.82, 2.24) is 0 Å². The lowest BCUT2D eigenvalue weighted by Crippen LogP contribution is -2.18. The minimum atomic E-state index is -4.37. The summed E-state index contributed by atoms with van der Waals surface area (Å²) in [6.45, 7) is -1.48. The molecule has 0 saturated heterocycles. The molecule has 0 aromatic heterocycles. The molecular weight excluding hydrogens is 379 g/mol. The van der Waals surface area contributed by atoms with E-state index in [1.807, 2.05) is 0 Å². The molecule has 0 aliphatic heterocycles. The lowest BCUT2D eigenvalue weighted by molar-refractivity contribution is -0.174. The molecule has 21 heavy (non-hydrogen) atoms. The molecule has 1 aromatic rings. The number of ether oxygens (including phenoxy) is 2. The van der Waals surface area contributed by atoms with Crippen LogP contribution in [0.25, 0.3) is 0 Å². The van der Waals surface area contributed by atoms with E-state index in [9.17, 15) is 21.6 Å². The number of benzene rings is 1. The van der Waals surface area contributed by atoms with E-state index in [2.05, 4.69) is 20.7 Å². The summed E-state index contributed by atoms with van der Waals surface area (Å²) in [6.07, 6.45) is -4.19. The zero-order valence-electron chi connectivity index (χ0n) is 10.7. The Balaban J connectivity index is 2.50. The Kier molecular flexibility index (Phi) is 6.44. The maximum absolute atomic E-state index is 11.8. The van der Waals surface area contributed by atoms with Gasteiger partial charge in [-0.05, 0) is 18.2 Å². The quantitative estimate of drug-likeness (QED) is 0.724. The van der Waals surface area contributed by atoms with E-state index < -0.39 is 22.8 Å². The van der Waals surface area contributed by atoms with Gasteiger partial charge in [-0.1, -0.05) is 15.9 Å². The number of alkyl halides is 3. The third kappa shape index (κ3) is 7.11. The average molecular weight is 392 g/mol. The van der Waals surface area contributed by atoms with Crippen LogP contribution in [0.5, 0.6) is 5.75 Å². The molecule has 0 fully saturated rings. The summed E-state index contributed by atoms with van der Waals surface area (Å²) in [4.78, 5) is -0.201. The molecule has 0 bridgehead atoms. The highest BCUT2D eigenvalue weighted by molar-refractivity contribution is 9.10. The topological polar surface area (TPSA) is 78.6 Å². The highest BCUT2D eigenvalue weighted by Gasteiger charge is 2.27. The van der Waals surface area contributed by atoms with Gasteiger partial charge in [-0.3, -0.25) is 0 Å². The van der Waals surface area contributed by atoms with Gasteiger partial charge in [0.1, 0.15) is 17.3 Å². The Labute approximate surface area is 128 Å². The van der Waals surface area contributed by atoms with Crippen LogP contribution in [0.4, 0.5) is 13.2 Å². The molecule has 0 radical (unpaired) electrons. The number of halogens is 4. The van der Waals surface area contributed by atoms with Crippen LogP contribution < -0.4 is 9.88 Å². The predicted molar refractivity (Wildman–Crippen MR) is 72.5 cm³/mol. The highest BCUT2D eigenvalue weighted by Crippen LogP contribution is 2.26. The largest absolute Gasteiger partial charge is 0.492 e. The van der Waals surface area contributed by atoms with Gasteiger partial charge in [0.15, 0.2) is 0 Å². The summed E-state index contributed by atoms with van der Waals surface area (Å²) in [7, 11) is -3.96. The van der Waals surface area contributed by atoms with Gasteiger partial charge in [-0.2, -0.15) is 13.2 Å². The number of hydrogen-bond donors (Lipinski definition) is 1. The van der Waals surface area contributed by atoms with Crippen molar-refractivity contribution >= 4 is 26.0 Å². The zero-order valence-corrected chi connectivity index (χ0v) is 13.1. The van der Waals surface area contributed by atoms with E-state index in [1.54, 1.807) is 6.07 Å². The highest BCUT2D eigenvalue weighted by atomic mass is 79.9. The van der Waals surface area contributed by atoms with Crippen molar-refractivity contribution in [2.45, 2.75) is 17.5 Å². The maximum Gasteiger partial charge on any atom is 0.411 e. The van der Waals surface area contributed by atoms with E-state index in [4.69, 9.17) is 9.88 Å². The molecule has 1 aromatic carbocycles. The van der Waals surface area contributed by atoms with Crippen LogP contribution in [0, 0.1) is 0 Å². The summed E-state index contributed by atoms with van der Waals surface area (Å²) >= 11 is 3.11. The van der Waals surface area contributed by atoms with Crippen molar-refractivity contribution < 1.29 is 31.1 Å². The third-order valence-corrected chi connectivity index (χ3v) is 3.59. The summed E-state index contributed by atoms with van der Waals surface area (Å²) in [5.41, 5.74) is 0. The maximum atomic E-state index is 11.8. The first-order chi connectivity index (χ1) is 9.59. The molecule has 5 nitrogen and oxygen atoms in total. The van der Waals surface area contributed by atoms with Crippen LogP contribution in [0.15, 0.2) is 27.6 Å². The number of primary sulfonamides is 1. The van der Waals surface area contributed by atoms with Gasteiger partial charge in [0.05, 0.1) is 13.2 Å². The number of sulfonamides is 1. The Hall–Kier alpha value is -0.840. The van der Waals surface area contributed by atoms with E-state index in [0.29, 0.717) is 4.47 Å². The first-order valence-corrected chi connectivity index (χ1v) is 8.03. The standard InChI is InChI=1S/C11H13BrF3NO4S/c12-8-2-3-9(10(6-8)21(16,17)18)20-5-1-4-19-7-11(13,14)15/h2-3,6H,1,4-5,7H2,(H2,16,17,18). The van der Waals surface area contributed by atoms with Crippen molar-refractivity contribution in [3.8, 4) is 5.75 Å². The monoisotopic (exact) mass is 391 g/mol. The number of rotatable bonds is 7. The molecule has 0 unspecified atom stereocenters. The van der Waals surface area contributed by atoms with Crippen molar-refractivity contribution in [2.75, 3.05) is 19.8 Å². The summed E-state index contributed by atoms with van der Waals surface area (Å²) in [5, 5.41) is 5.05. The lowest BCUT2D eigenvalue weighted by Gasteiger charge is -2.11. The van der Waals surface area contributed by atoms with Gasteiger partial charge in [0.25, 0.3) is 0 Å². The number of nitrogens with two attached hydrogens (primary N) is 1. The molecule has 120 valence electrons. The third-order valence-electron chi connectivity index (χ3n) is 2.17. The summed E-state index contributed by atoms with van der Waals surface area (Å²) < 4.78 is 68.3. The molecule has 1 rings (SSSR count). The van der Waals surface area contributed by atoms with Crippen molar-refractivity contribution in [3.63, 3.8) is 0 Å². The normalized spacial score (nSPS) is 12.4. The second-order valence-electron chi connectivity index (χ2n) is 4.01. The van der Waals surface area contributed by atoms with Crippen molar-refractivity contribution in [2.24, 2.45) is 5.14 Å². The van der Waals surface area contributed by atoms with Crippen LogP contribution in [0.2, 0.25) is 0 Å². The molecule has 10 heteroatoms. The van der Waals surface area contributed by atoms with Gasteiger partial charge in [0.2, 0.25) is 10.0 Å². The average Bonchev–Trinajstić information content (AvgIpc) is 2.32. The Morgan fingerprint density at radius 3 is 2.48 bits per heavy atom. The first-order valence-electron chi connectivity index (χ1n) is 5.69. The second kappa shape index (κ2) is 7.43. The van der Waals surface area contributed by atoms with Crippen LogP contribution in [-0.2, 0) is 14.8 Å². The van der Waals surface area contributed by atoms with Gasteiger partial charge >= 0.3 is 6.18 Å². The first kappa shape index (κ1) is 18.2. The van der Waals surface area contributed by atoms with Crippen LogP contribution in [0.1, 0.15) is 6.42 Å². The van der Waals surface area contributed by atoms with E-state index in [-0.39, 0.29) is 30.3 Å². The molecule has 0 atom stereocenters. The smallest absolute Gasteiger partial charge is 0.411 e. The van der Waals surface area contributed by atoms with Crippen LogP contribution in [-0.4, -0.2) is 34.4 Å². The molecule has 0 heterocycles. The number of hydrogen-bond acceptors (Lipinski definition) is 4. The van der Waals surface area contributed by atoms with E-state index in [0.717, 1.165) is 0 Å². The minimum absolute atomic E-state index is 0.00199. The Morgan fingerprint density at radius 2 is 1.90 bits per heavy atom. The lowest BCUT2D eigenvalue weighted by atomic mass is 10.3. The fourth-order valence-electron chi connectivity index (χ4n) is 1.35. The van der Waals surface area contributed by atoms with Gasteiger partial charge in [-0.15, -0.1) is 0 Å². The fourth-order valence-corrected chi connectivity index (χ4v) is 2.57. The van der Waals surface area contributed by atoms with Crippen molar-refractivity contribution in [1.29, 1.82) is 0 Å². The molecule has 0 aliphatic rings. The van der Waals surface area contributed by atoms with Gasteiger partial charge < -0.3 is 9.47 Å². The molecule has 0 saturated carbocycles. The van der Waals surface area contributed by atoms with Gasteiger partial charge in [-0.25, -0.2) is 13.6 Å². The van der Waals surface area contributed by atoms with Crippen LogP contribution in [0.3, 0.4) is 0 Å². The molecule has 0 aliphatic carbocycles. The fraction of sp³-hybridized carbons (Fsp3) is 0.455. The van der Waals surface area contributed by atoms with Crippen molar-refractivity contribution in [3.05, 3.63) is 22.7 Å². The molecule has 0 spiro atoms. The SMILES string of the molecule is NS(=O)(=O)c1cc(Br)ccc1OCCCOCC(F)(F)F.